The van der Waals surface area contributed by atoms with E-state index in [4.69, 9.17) is 16.0 Å². The molecule has 96 valence electrons. The summed E-state index contributed by atoms with van der Waals surface area (Å²) in [5.74, 6) is 1.44. The van der Waals surface area contributed by atoms with E-state index in [1.807, 2.05) is 25.1 Å². The molecular weight excluding hydrogens is 316 g/mol. The normalized spacial score (nSPS) is 12.7. The Balaban J connectivity index is 2.26. The predicted molar refractivity (Wildman–Crippen MR) is 76.7 cm³/mol. The zero-order valence-electron chi connectivity index (χ0n) is 10.2. The average Bonchev–Trinajstić information content (AvgIpc) is 2.82. The highest BCUT2D eigenvalue weighted by atomic mass is 79.9. The van der Waals surface area contributed by atoms with Crippen molar-refractivity contribution in [3.63, 3.8) is 0 Å². The topological polar surface area (TPSA) is 38.1 Å². The molecule has 1 N–H and O–H groups in total. The van der Waals surface area contributed by atoms with E-state index in [0.29, 0.717) is 10.9 Å². The van der Waals surface area contributed by atoms with E-state index >= 15 is 0 Å². The fourth-order valence-electron chi connectivity index (χ4n) is 1.66. The maximum Gasteiger partial charge on any atom is 0.211 e. The molecule has 1 aromatic heterocycles. The summed E-state index contributed by atoms with van der Waals surface area (Å²) >= 11 is 9.36. The van der Waals surface area contributed by atoms with Crippen molar-refractivity contribution in [1.82, 2.24) is 10.3 Å². The molecule has 1 aromatic carbocycles. The van der Waals surface area contributed by atoms with Gasteiger partial charge >= 0.3 is 0 Å². The molecule has 5 heteroatoms. The van der Waals surface area contributed by atoms with Gasteiger partial charge < -0.3 is 9.73 Å². The Kier molecular flexibility index (Phi) is 4.43. The molecular formula is C13H14BrClN2O. The zero-order chi connectivity index (χ0) is 13.1. The van der Waals surface area contributed by atoms with Gasteiger partial charge in [0, 0.05) is 10.0 Å². The minimum atomic E-state index is 0.111. The number of oxazole rings is 1. The van der Waals surface area contributed by atoms with Crippen molar-refractivity contribution in [2.75, 3.05) is 6.54 Å². The van der Waals surface area contributed by atoms with E-state index in [1.54, 1.807) is 6.20 Å². The van der Waals surface area contributed by atoms with Gasteiger partial charge in [0.05, 0.1) is 17.3 Å². The van der Waals surface area contributed by atoms with Gasteiger partial charge in [0.15, 0.2) is 5.76 Å². The molecule has 0 amide bonds. The summed E-state index contributed by atoms with van der Waals surface area (Å²) in [5, 5.41) is 3.94. The van der Waals surface area contributed by atoms with Gasteiger partial charge in [-0.1, -0.05) is 18.5 Å². The van der Waals surface area contributed by atoms with Crippen LogP contribution in [0.25, 0.3) is 11.3 Å². The highest BCUT2D eigenvalue weighted by molar-refractivity contribution is 9.10. The fraction of sp³-hybridized carbons (Fsp3) is 0.308. The zero-order valence-corrected chi connectivity index (χ0v) is 12.5. The van der Waals surface area contributed by atoms with Crippen LogP contribution >= 0.6 is 27.5 Å². The Morgan fingerprint density at radius 3 is 2.94 bits per heavy atom. The van der Waals surface area contributed by atoms with E-state index < -0.39 is 0 Å². The lowest BCUT2D eigenvalue weighted by molar-refractivity contribution is 0.429. The predicted octanol–water partition coefficient (Wildman–Crippen LogP) is 4.43. The lowest BCUT2D eigenvalue weighted by Crippen LogP contribution is -2.17. The van der Waals surface area contributed by atoms with Crippen LogP contribution in [0.5, 0.6) is 0 Å². The van der Waals surface area contributed by atoms with Crippen molar-refractivity contribution in [2.45, 2.75) is 19.9 Å². The minimum absolute atomic E-state index is 0.111. The van der Waals surface area contributed by atoms with E-state index in [1.165, 1.54) is 0 Å². The van der Waals surface area contributed by atoms with Crippen molar-refractivity contribution in [3.05, 3.63) is 39.8 Å². The number of nitrogens with zero attached hydrogens (tertiary/aromatic N) is 1. The first kappa shape index (κ1) is 13.6. The van der Waals surface area contributed by atoms with Crippen LogP contribution in [0.15, 0.2) is 33.3 Å². The average molecular weight is 330 g/mol. The van der Waals surface area contributed by atoms with Gasteiger partial charge in [0.2, 0.25) is 5.89 Å². The monoisotopic (exact) mass is 328 g/mol. The second-order valence-corrected chi connectivity index (χ2v) is 5.23. The molecule has 0 aliphatic heterocycles. The van der Waals surface area contributed by atoms with Gasteiger partial charge in [-0.05, 0) is 47.6 Å². The summed E-state index contributed by atoms with van der Waals surface area (Å²) in [6, 6.07) is 5.77. The number of nitrogens with one attached hydrogen (secondary N) is 1. The van der Waals surface area contributed by atoms with Crippen molar-refractivity contribution < 1.29 is 4.42 Å². The number of halogens is 2. The van der Waals surface area contributed by atoms with Crippen LogP contribution in [0, 0.1) is 0 Å². The summed E-state index contributed by atoms with van der Waals surface area (Å²) in [7, 11) is 0. The van der Waals surface area contributed by atoms with Gasteiger partial charge in [-0.2, -0.15) is 0 Å². The molecule has 0 aliphatic carbocycles. The molecule has 1 atom stereocenters. The molecule has 1 unspecified atom stereocenters. The van der Waals surface area contributed by atoms with Gasteiger partial charge in [0.25, 0.3) is 0 Å². The van der Waals surface area contributed by atoms with Crippen LogP contribution in [0.1, 0.15) is 25.8 Å². The summed E-state index contributed by atoms with van der Waals surface area (Å²) in [6.07, 6.45) is 1.73. The Hall–Kier alpha value is -0.840. The third-order valence-corrected chi connectivity index (χ3v) is 3.82. The summed E-state index contributed by atoms with van der Waals surface area (Å²) in [5.41, 5.74) is 0.953. The third kappa shape index (κ3) is 2.94. The fourth-order valence-corrected chi connectivity index (χ4v) is 2.16. The minimum Gasteiger partial charge on any atom is -0.439 e. The molecule has 2 aromatic rings. The van der Waals surface area contributed by atoms with Crippen LogP contribution in [-0.2, 0) is 0 Å². The molecule has 0 aliphatic rings. The Morgan fingerprint density at radius 1 is 1.50 bits per heavy atom. The first-order valence-corrected chi connectivity index (χ1v) is 6.93. The second kappa shape index (κ2) is 5.87. The summed E-state index contributed by atoms with van der Waals surface area (Å²) in [6.45, 7) is 4.96. The smallest absolute Gasteiger partial charge is 0.211 e. The van der Waals surface area contributed by atoms with Crippen LogP contribution < -0.4 is 5.32 Å². The van der Waals surface area contributed by atoms with Crippen molar-refractivity contribution in [3.8, 4) is 11.3 Å². The number of aromatic nitrogens is 1. The maximum absolute atomic E-state index is 5.96. The molecule has 0 radical (unpaired) electrons. The number of benzene rings is 1. The SMILES string of the molecule is CCNC(C)c1ncc(-c2ccc(Cl)c(Br)c2)o1. The number of rotatable bonds is 4. The van der Waals surface area contributed by atoms with Crippen LogP contribution in [0.2, 0.25) is 5.02 Å². The van der Waals surface area contributed by atoms with Gasteiger partial charge in [-0.25, -0.2) is 4.98 Å². The largest absolute Gasteiger partial charge is 0.439 e. The molecule has 0 saturated carbocycles. The standard InChI is InChI=1S/C13H14BrClN2O/c1-3-16-8(2)13-17-7-12(18-13)9-4-5-11(15)10(14)6-9/h4-8,16H,3H2,1-2H3. The maximum atomic E-state index is 5.96. The first-order chi connectivity index (χ1) is 8.61. The second-order valence-electron chi connectivity index (χ2n) is 3.97. The van der Waals surface area contributed by atoms with Crippen molar-refractivity contribution >= 4 is 27.5 Å². The van der Waals surface area contributed by atoms with E-state index in [-0.39, 0.29) is 6.04 Å². The van der Waals surface area contributed by atoms with E-state index in [2.05, 4.69) is 33.2 Å². The van der Waals surface area contributed by atoms with Crippen LogP contribution in [0.3, 0.4) is 0 Å². The molecule has 0 fully saturated rings. The summed E-state index contributed by atoms with van der Waals surface area (Å²) < 4.78 is 6.59. The molecule has 1 heterocycles. The molecule has 0 saturated heterocycles. The van der Waals surface area contributed by atoms with Crippen molar-refractivity contribution in [2.24, 2.45) is 0 Å². The molecule has 18 heavy (non-hydrogen) atoms. The highest BCUT2D eigenvalue weighted by Gasteiger charge is 2.12. The Labute approximate surface area is 120 Å². The van der Waals surface area contributed by atoms with Gasteiger partial charge in [-0.3, -0.25) is 0 Å². The summed E-state index contributed by atoms with van der Waals surface area (Å²) in [4.78, 5) is 4.29. The third-order valence-electron chi connectivity index (χ3n) is 2.61. The lowest BCUT2D eigenvalue weighted by Gasteiger charge is -2.06. The molecule has 0 bridgehead atoms. The van der Waals surface area contributed by atoms with Gasteiger partial charge in [0.1, 0.15) is 0 Å². The molecule has 3 nitrogen and oxygen atoms in total. The van der Waals surface area contributed by atoms with E-state index in [0.717, 1.165) is 22.3 Å². The first-order valence-electron chi connectivity index (χ1n) is 5.76. The number of hydrogen-bond acceptors (Lipinski definition) is 3. The van der Waals surface area contributed by atoms with Crippen LogP contribution in [-0.4, -0.2) is 11.5 Å². The molecule has 2 rings (SSSR count). The Morgan fingerprint density at radius 2 is 2.28 bits per heavy atom. The highest BCUT2D eigenvalue weighted by Crippen LogP contribution is 2.29. The molecule has 0 spiro atoms. The quantitative estimate of drug-likeness (QED) is 0.902. The lowest BCUT2D eigenvalue weighted by atomic mass is 10.2. The van der Waals surface area contributed by atoms with E-state index in [9.17, 15) is 0 Å². The van der Waals surface area contributed by atoms with Crippen molar-refractivity contribution in [1.29, 1.82) is 0 Å². The Bertz CT molecular complexity index is 542. The van der Waals surface area contributed by atoms with Crippen LogP contribution in [0.4, 0.5) is 0 Å². The number of hydrogen-bond donors (Lipinski definition) is 1. The van der Waals surface area contributed by atoms with Gasteiger partial charge in [-0.15, -0.1) is 0 Å².